The second-order valence-electron chi connectivity index (χ2n) is 8.14. The van der Waals surface area contributed by atoms with Crippen LogP contribution in [0.25, 0.3) is 0 Å². The number of aryl methyl sites for hydroxylation is 1. The Morgan fingerprint density at radius 3 is 2.48 bits per heavy atom. The molecule has 1 aliphatic heterocycles. The van der Waals surface area contributed by atoms with Crippen molar-refractivity contribution < 1.29 is 9.36 Å². The summed E-state index contributed by atoms with van der Waals surface area (Å²) in [5.41, 5.74) is 4.78. The lowest BCUT2D eigenvalue weighted by atomic mass is 10.1. The molecule has 0 aliphatic carbocycles. The lowest BCUT2D eigenvalue weighted by Gasteiger charge is -2.34. The molecular formula is C24H36N3OS+. The predicted octanol–water partition coefficient (Wildman–Crippen LogP) is 4.28. The summed E-state index contributed by atoms with van der Waals surface area (Å²) in [7, 11) is 0. The number of aromatic nitrogens is 1. The van der Waals surface area contributed by atoms with E-state index in [4.69, 9.17) is 0 Å². The van der Waals surface area contributed by atoms with Crippen molar-refractivity contribution in [3.8, 4) is 0 Å². The molecule has 1 aliphatic rings. The van der Waals surface area contributed by atoms with Gasteiger partial charge in [0.1, 0.15) is 0 Å². The Morgan fingerprint density at radius 1 is 1.00 bits per heavy atom. The summed E-state index contributed by atoms with van der Waals surface area (Å²) in [5.74, 6) is 0.261. The molecule has 1 saturated heterocycles. The SMILES string of the molecule is CCCCCCCCc1csc[n+]1CC(=O)N1CCN(Cc2ccccc2)CC1. The largest absolute Gasteiger partial charge is 0.335 e. The van der Waals surface area contributed by atoms with Crippen LogP contribution in [0.4, 0.5) is 0 Å². The maximum absolute atomic E-state index is 12.8. The molecule has 2 heterocycles. The molecule has 0 unspecified atom stereocenters. The number of carbonyl (C=O) groups is 1. The highest BCUT2D eigenvalue weighted by molar-refractivity contribution is 7.07. The van der Waals surface area contributed by atoms with Crippen molar-refractivity contribution in [3.63, 3.8) is 0 Å². The number of carbonyl (C=O) groups excluding carboxylic acids is 1. The quantitative estimate of drug-likeness (QED) is 0.405. The number of unbranched alkanes of at least 4 members (excludes halogenated alkanes) is 5. The highest BCUT2D eigenvalue weighted by Crippen LogP contribution is 2.11. The van der Waals surface area contributed by atoms with Crippen LogP contribution in [0.2, 0.25) is 0 Å². The van der Waals surface area contributed by atoms with Crippen LogP contribution in [0.15, 0.2) is 41.2 Å². The minimum absolute atomic E-state index is 0.261. The fraction of sp³-hybridized carbons (Fsp3) is 0.583. The maximum Gasteiger partial charge on any atom is 0.288 e. The lowest BCUT2D eigenvalue weighted by molar-refractivity contribution is -0.687. The van der Waals surface area contributed by atoms with Crippen molar-refractivity contribution in [2.45, 2.75) is 65.0 Å². The molecular weight excluding hydrogens is 378 g/mol. The zero-order chi connectivity index (χ0) is 20.3. The van der Waals surface area contributed by atoms with Crippen molar-refractivity contribution in [1.29, 1.82) is 0 Å². The summed E-state index contributed by atoms with van der Waals surface area (Å²) in [6, 6.07) is 10.6. The molecule has 0 radical (unpaired) electrons. The van der Waals surface area contributed by atoms with Gasteiger partial charge in [0, 0.05) is 39.1 Å². The van der Waals surface area contributed by atoms with E-state index in [2.05, 4.69) is 57.6 Å². The molecule has 0 bridgehead atoms. The van der Waals surface area contributed by atoms with Crippen LogP contribution >= 0.6 is 11.3 Å². The first kappa shape index (κ1) is 22.0. The van der Waals surface area contributed by atoms with E-state index in [1.165, 1.54) is 49.8 Å². The zero-order valence-electron chi connectivity index (χ0n) is 17.9. The summed E-state index contributed by atoms with van der Waals surface area (Å²) in [5, 5.41) is 2.22. The van der Waals surface area contributed by atoms with Gasteiger partial charge in [-0.15, -0.1) is 0 Å². The minimum atomic E-state index is 0.261. The third-order valence-corrected chi connectivity index (χ3v) is 6.61. The second kappa shape index (κ2) is 12.1. The van der Waals surface area contributed by atoms with Crippen molar-refractivity contribution in [1.82, 2.24) is 9.80 Å². The fourth-order valence-electron chi connectivity index (χ4n) is 3.99. The molecule has 4 nitrogen and oxygen atoms in total. The molecule has 158 valence electrons. The van der Waals surface area contributed by atoms with E-state index >= 15 is 0 Å². The third-order valence-electron chi connectivity index (χ3n) is 5.83. The van der Waals surface area contributed by atoms with Gasteiger partial charge >= 0.3 is 0 Å². The number of amides is 1. The van der Waals surface area contributed by atoms with Crippen LogP contribution in [0.1, 0.15) is 56.7 Å². The van der Waals surface area contributed by atoms with Crippen LogP contribution in [0.5, 0.6) is 0 Å². The van der Waals surface area contributed by atoms with E-state index < -0.39 is 0 Å². The first-order chi connectivity index (χ1) is 14.3. The second-order valence-corrected chi connectivity index (χ2v) is 8.86. The molecule has 1 aromatic carbocycles. The number of piperazine rings is 1. The Morgan fingerprint density at radius 2 is 1.72 bits per heavy atom. The normalized spacial score (nSPS) is 15.0. The van der Waals surface area contributed by atoms with Gasteiger partial charge in [0.15, 0.2) is 5.69 Å². The summed E-state index contributed by atoms with van der Waals surface area (Å²) in [6.45, 7) is 7.32. The van der Waals surface area contributed by atoms with E-state index in [0.29, 0.717) is 6.54 Å². The molecule has 29 heavy (non-hydrogen) atoms. The Bertz CT molecular complexity index is 723. The van der Waals surface area contributed by atoms with E-state index in [0.717, 1.165) is 39.1 Å². The number of benzene rings is 1. The van der Waals surface area contributed by atoms with Gasteiger partial charge in [-0.3, -0.25) is 9.69 Å². The standard InChI is InChI=1S/C24H36N3OS/c1-2-3-4-5-6-10-13-23-20-29-21-27(23)19-24(28)26-16-14-25(15-17-26)18-22-11-8-7-9-12-22/h7-9,11-12,20-21H,2-6,10,13-19H2,1H3/q+1. The van der Waals surface area contributed by atoms with Crippen LogP contribution in [0.3, 0.4) is 0 Å². The van der Waals surface area contributed by atoms with Gasteiger partial charge in [0.2, 0.25) is 12.1 Å². The highest BCUT2D eigenvalue weighted by atomic mass is 32.1. The molecule has 1 aromatic heterocycles. The van der Waals surface area contributed by atoms with Crippen molar-refractivity contribution in [3.05, 3.63) is 52.5 Å². The lowest BCUT2D eigenvalue weighted by Crippen LogP contribution is -2.52. The number of hydrogen-bond acceptors (Lipinski definition) is 3. The molecule has 0 N–H and O–H groups in total. The highest BCUT2D eigenvalue weighted by Gasteiger charge is 2.25. The van der Waals surface area contributed by atoms with E-state index in [1.807, 2.05) is 4.90 Å². The molecule has 5 heteroatoms. The average molecular weight is 415 g/mol. The Kier molecular flexibility index (Phi) is 9.16. The van der Waals surface area contributed by atoms with Crippen molar-refractivity contribution in [2.24, 2.45) is 0 Å². The van der Waals surface area contributed by atoms with Crippen LogP contribution in [0, 0.1) is 0 Å². The summed E-state index contributed by atoms with van der Waals surface area (Å²) in [6.07, 6.45) is 8.96. The molecule has 0 spiro atoms. The smallest absolute Gasteiger partial charge is 0.288 e. The topological polar surface area (TPSA) is 27.4 Å². The van der Waals surface area contributed by atoms with Gasteiger partial charge in [-0.1, -0.05) is 80.7 Å². The van der Waals surface area contributed by atoms with Crippen LogP contribution in [-0.2, 0) is 24.3 Å². The molecule has 1 amide bonds. The van der Waals surface area contributed by atoms with Gasteiger partial charge in [0.25, 0.3) is 5.91 Å². The van der Waals surface area contributed by atoms with E-state index in [9.17, 15) is 4.79 Å². The fourth-order valence-corrected chi connectivity index (χ4v) is 4.82. The van der Waals surface area contributed by atoms with Gasteiger partial charge in [-0.05, 0) is 12.0 Å². The molecule has 2 aromatic rings. The monoisotopic (exact) mass is 414 g/mol. The van der Waals surface area contributed by atoms with Crippen molar-refractivity contribution >= 4 is 17.2 Å². The van der Waals surface area contributed by atoms with Gasteiger partial charge in [0.05, 0.1) is 5.38 Å². The number of nitrogens with zero attached hydrogens (tertiary/aromatic N) is 3. The number of hydrogen-bond donors (Lipinski definition) is 0. The predicted molar refractivity (Wildman–Crippen MR) is 120 cm³/mol. The van der Waals surface area contributed by atoms with Crippen LogP contribution in [-0.4, -0.2) is 41.9 Å². The van der Waals surface area contributed by atoms with Gasteiger partial charge < -0.3 is 4.90 Å². The molecule has 0 atom stereocenters. The van der Waals surface area contributed by atoms with E-state index in [-0.39, 0.29) is 5.91 Å². The minimum Gasteiger partial charge on any atom is -0.335 e. The summed E-state index contributed by atoms with van der Waals surface area (Å²) < 4.78 is 2.18. The zero-order valence-corrected chi connectivity index (χ0v) is 18.7. The molecule has 1 fully saturated rings. The first-order valence-electron chi connectivity index (χ1n) is 11.2. The van der Waals surface area contributed by atoms with Gasteiger partial charge in [-0.2, -0.15) is 4.57 Å². The van der Waals surface area contributed by atoms with Crippen LogP contribution < -0.4 is 4.57 Å². The molecule has 0 saturated carbocycles. The Balaban J connectivity index is 1.39. The first-order valence-corrected chi connectivity index (χ1v) is 12.2. The maximum atomic E-state index is 12.8. The third kappa shape index (κ3) is 7.23. The molecule has 3 rings (SSSR count). The Labute approximate surface area is 180 Å². The summed E-state index contributed by atoms with van der Waals surface area (Å²) in [4.78, 5) is 17.3. The van der Waals surface area contributed by atoms with Crippen molar-refractivity contribution in [2.75, 3.05) is 26.2 Å². The number of rotatable bonds is 11. The van der Waals surface area contributed by atoms with Gasteiger partial charge in [-0.25, -0.2) is 0 Å². The number of thiazole rings is 1. The summed E-state index contributed by atoms with van der Waals surface area (Å²) >= 11 is 1.71. The Hall–Kier alpha value is -1.72. The average Bonchev–Trinajstić information content (AvgIpc) is 3.18. The van der Waals surface area contributed by atoms with E-state index in [1.54, 1.807) is 11.3 Å².